The van der Waals surface area contributed by atoms with Crippen LogP contribution in [0.2, 0.25) is 0 Å². The summed E-state index contributed by atoms with van der Waals surface area (Å²) >= 11 is 0. The van der Waals surface area contributed by atoms with Crippen molar-refractivity contribution in [2.45, 2.75) is 33.6 Å². The Morgan fingerprint density at radius 1 is 1.15 bits per heavy atom. The fourth-order valence-electron chi connectivity index (χ4n) is 1.53. The Bertz CT molecular complexity index is 277. The van der Waals surface area contributed by atoms with Crippen LogP contribution in [-0.4, -0.2) is 0 Å². The summed E-state index contributed by atoms with van der Waals surface area (Å²) < 4.78 is 0. The molecule has 0 saturated heterocycles. The van der Waals surface area contributed by atoms with Gasteiger partial charge in [0, 0.05) is 0 Å². The maximum Gasteiger partial charge on any atom is -0.0228 e. The van der Waals surface area contributed by atoms with Gasteiger partial charge in [-0.05, 0) is 36.5 Å². The van der Waals surface area contributed by atoms with E-state index in [1.165, 1.54) is 16.7 Å². The summed E-state index contributed by atoms with van der Waals surface area (Å²) in [6.07, 6.45) is 4.43. The van der Waals surface area contributed by atoms with E-state index >= 15 is 0 Å². The van der Waals surface area contributed by atoms with Gasteiger partial charge in [-0.3, -0.25) is 0 Å². The van der Waals surface area contributed by atoms with E-state index in [0.717, 1.165) is 12.8 Å². The lowest BCUT2D eigenvalue weighted by Crippen LogP contribution is -1.84. The summed E-state index contributed by atoms with van der Waals surface area (Å²) in [5, 5.41) is 0. The lowest BCUT2D eigenvalue weighted by atomic mass is 10.0. The first-order valence-electron chi connectivity index (χ1n) is 5.06. The summed E-state index contributed by atoms with van der Waals surface area (Å²) in [6, 6.07) is 8.87. The predicted octanol–water partition coefficient (Wildman–Crippen LogP) is 4.06. The van der Waals surface area contributed by atoms with E-state index < -0.39 is 0 Å². The summed E-state index contributed by atoms with van der Waals surface area (Å²) in [4.78, 5) is 0. The third-order valence-corrected chi connectivity index (χ3v) is 2.46. The summed E-state index contributed by atoms with van der Waals surface area (Å²) in [5.74, 6) is 0. The molecular weight excluding hydrogens is 156 g/mol. The fourth-order valence-corrected chi connectivity index (χ4v) is 1.53. The van der Waals surface area contributed by atoms with Crippen molar-refractivity contribution in [3.05, 3.63) is 41.5 Å². The molecule has 0 fully saturated rings. The highest BCUT2D eigenvalue weighted by Crippen LogP contribution is 2.18. The lowest BCUT2D eigenvalue weighted by Gasteiger charge is -2.04. The predicted molar refractivity (Wildman–Crippen MR) is 59.8 cm³/mol. The van der Waals surface area contributed by atoms with Gasteiger partial charge in [-0.1, -0.05) is 44.2 Å². The topological polar surface area (TPSA) is 0 Å². The molecule has 0 heterocycles. The van der Waals surface area contributed by atoms with Crippen LogP contribution in [0.25, 0.3) is 5.57 Å². The van der Waals surface area contributed by atoms with Crippen molar-refractivity contribution in [3.63, 3.8) is 0 Å². The molecule has 1 aromatic carbocycles. The van der Waals surface area contributed by atoms with Gasteiger partial charge in [0.25, 0.3) is 0 Å². The fraction of sp³-hybridized carbons (Fsp3) is 0.385. The van der Waals surface area contributed by atoms with Gasteiger partial charge in [0.05, 0.1) is 0 Å². The van der Waals surface area contributed by atoms with Crippen molar-refractivity contribution in [1.82, 2.24) is 0 Å². The molecule has 0 N–H and O–H groups in total. The van der Waals surface area contributed by atoms with Crippen LogP contribution < -0.4 is 0 Å². The van der Waals surface area contributed by atoms with Crippen molar-refractivity contribution in [3.8, 4) is 0 Å². The molecule has 70 valence electrons. The Hall–Kier alpha value is -1.04. The average Bonchev–Trinajstić information content (AvgIpc) is 2.21. The van der Waals surface area contributed by atoms with E-state index in [4.69, 9.17) is 0 Å². The number of rotatable bonds is 3. The number of hydrogen-bond donors (Lipinski definition) is 0. The second-order valence-corrected chi connectivity index (χ2v) is 3.22. The van der Waals surface area contributed by atoms with Crippen molar-refractivity contribution in [1.29, 1.82) is 0 Å². The molecule has 0 saturated carbocycles. The van der Waals surface area contributed by atoms with Gasteiger partial charge >= 0.3 is 0 Å². The van der Waals surface area contributed by atoms with Crippen LogP contribution in [0.1, 0.15) is 38.3 Å². The monoisotopic (exact) mass is 174 g/mol. The van der Waals surface area contributed by atoms with Gasteiger partial charge in [-0.25, -0.2) is 0 Å². The van der Waals surface area contributed by atoms with E-state index in [9.17, 15) is 0 Å². The zero-order valence-corrected chi connectivity index (χ0v) is 8.80. The quantitative estimate of drug-likeness (QED) is 0.648. The Kier molecular flexibility index (Phi) is 3.75. The third kappa shape index (κ3) is 2.45. The van der Waals surface area contributed by atoms with Gasteiger partial charge in [0.1, 0.15) is 0 Å². The van der Waals surface area contributed by atoms with Crippen LogP contribution in [-0.2, 0) is 6.42 Å². The molecule has 0 aliphatic rings. The van der Waals surface area contributed by atoms with Crippen LogP contribution in [0.4, 0.5) is 0 Å². The molecule has 0 unspecified atom stereocenters. The highest BCUT2D eigenvalue weighted by molar-refractivity contribution is 5.65. The van der Waals surface area contributed by atoms with E-state index in [-0.39, 0.29) is 0 Å². The summed E-state index contributed by atoms with van der Waals surface area (Å²) in [5.41, 5.74) is 4.21. The minimum atomic E-state index is 1.11. The van der Waals surface area contributed by atoms with Gasteiger partial charge in [-0.2, -0.15) is 0 Å². The van der Waals surface area contributed by atoms with E-state index in [2.05, 4.69) is 51.1 Å². The van der Waals surface area contributed by atoms with Crippen molar-refractivity contribution >= 4 is 5.57 Å². The van der Waals surface area contributed by atoms with E-state index in [1.807, 2.05) is 0 Å². The zero-order chi connectivity index (χ0) is 9.68. The second kappa shape index (κ2) is 4.86. The van der Waals surface area contributed by atoms with Crippen LogP contribution in [0.15, 0.2) is 30.3 Å². The van der Waals surface area contributed by atoms with Crippen molar-refractivity contribution < 1.29 is 0 Å². The lowest BCUT2D eigenvalue weighted by molar-refractivity contribution is 1.14. The smallest absolute Gasteiger partial charge is 0.0228 e. The number of aryl methyl sites for hydroxylation is 1. The zero-order valence-electron chi connectivity index (χ0n) is 8.80. The first kappa shape index (κ1) is 10.0. The van der Waals surface area contributed by atoms with Crippen LogP contribution >= 0.6 is 0 Å². The number of allylic oxidation sites excluding steroid dienone is 2. The van der Waals surface area contributed by atoms with Crippen molar-refractivity contribution in [2.75, 3.05) is 0 Å². The standard InChI is InChI=1S/C13H18/c1-4-11-7-9-13(10-8-11)12(5-2)6-3/h5,7-10H,4,6H2,1-3H3/b12-5+. The molecule has 0 aliphatic carbocycles. The molecule has 0 atom stereocenters. The van der Waals surface area contributed by atoms with Crippen LogP contribution in [0, 0.1) is 0 Å². The average molecular weight is 174 g/mol. The largest absolute Gasteiger partial charge is 0.0839 e. The third-order valence-electron chi connectivity index (χ3n) is 2.46. The Labute approximate surface area is 81.3 Å². The number of benzene rings is 1. The molecule has 0 nitrogen and oxygen atoms in total. The highest BCUT2D eigenvalue weighted by Gasteiger charge is 1.96. The Balaban J connectivity index is 2.91. The summed E-state index contributed by atoms with van der Waals surface area (Å²) in [7, 11) is 0. The molecule has 13 heavy (non-hydrogen) atoms. The van der Waals surface area contributed by atoms with E-state index in [1.54, 1.807) is 0 Å². The van der Waals surface area contributed by atoms with Crippen LogP contribution in [0.3, 0.4) is 0 Å². The van der Waals surface area contributed by atoms with Gasteiger partial charge < -0.3 is 0 Å². The Morgan fingerprint density at radius 2 is 1.77 bits per heavy atom. The summed E-state index contributed by atoms with van der Waals surface area (Å²) in [6.45, 7) is 6.49. The van der Waals surface area contributed by atoms with Gasteiger partial charge in [0.15, 0.2) is 0 Å². The molecule has 0 amide bonds. The normalized spacial score (nSPS) is 11.8. The SMILES string of the molecule is C/C=C(\CC)c1ccc(CC)cc1. The van der Waals surface area contributed by atoms with Crippen molar-refractivity contribution in [2.24, 2.45) is 0 Å². The van der Waals surface area contributed by atoms with E-state index in [0.29, 0.717) is 0 Å². The van der Waals surface area contributed by atoms with Gasteiger partial charge in [0.2, 0.25) is 0 Å². The molecule has 0 radical (unpaired) electrons. The van der Waals surface area contributed by atoms with Crippen LogP contribution in [0.5, 0.6) is 0 Å². The minimum Gasteiger partial charge on any atom is -0.0839 e. The maximum atomic E-state index is 2.22. The highest BCUT2D eigenvalue weighted by atomic mass is 14.0. The first-order chi connectivity index (χ1) is 6.31. The molecule has 1 aromatic rings. The Morgan fingerprint density at radius 3 is 2.15 bits per heavy atom. The molecule has 0 heteroatoms. The molecule has 0 bridgehead atoms. The van der Waals surface area contributed by atoms with Gasteiger partial charge in [-0.15, -0.1) is 0 Å². The minimum absolute atomic E-state index is 1.11. The maximum absolute atomic E-state index is 2.22. The number of hydrogen-bond acceptors (Lipinski definition) is 0. The first-order valence-corrected chi connectivity index (χ1v) is 5.06. The molecule has 1 rings (SSSR count). The second-order valence-electron chi connectivity index (χ2n) is 3.22. The molecular formula is C13H18. The molecule has 0 spiro atoms. The molecule has 0 aliphatic heterocycles. The molecule has 0 aromatic heterocycles.